The Morgan fingerprint density at radius 2 is 1.40 bits per heavy atom. The molecule has 0 aliphatic carbocycles. The minimum atomic E-state index is -4.00. The standard InChI is InChI=1S/C35H31N3O4S/c1-27-16-18-30(19-17-27)26-42-31-22-20-28(21-23-31)24-36-37-35(39)33-14-8-9-15-34(33)38(25-29-10-4-2-5-11-29)43(40,41)32-12-6-3-7-13-32/h2-24H,25-26H2,1H3,(H,37,39)/b36-24-. The zero-order valence-electron chi connectivity index (χ0n) is 23.6. The number of amides is 1. The highest BCUT2D eigenvalue weighted by atomic mass is 32.2. The third-order valence-electron chi connectivity index (χ3n) is 6.70. The number of anilines is 1. The van der Waals surface area contributed by atoms with Crippen molar-refractivity contribution in [3.63, 3.8) is 0 Å². The van der Waals surface area contributed by atoms with Crippen molar-refractivity contribution in [2.24, 2.45) is 5.10 Å². The van der Waals surface area contributed by atoms with Crippen molar-refractivity contribution in [3.05, 3.63) is 161 Å². The fourth-order valence-corrected chi connectivity index (χ4v) is 5.87. The first-order valence-electron chi connectivity index (χ1n) is 13.7. The van der Waals surface area contributed by atoms with Crippen LogP contribution < -0.4 is 14.5 Å². The Balaban J connectivity index is 1.31. The van der Waals surface area contributed by atoms with E-state index in [1.165, 1.54) is 16.1 Å². The number of nitrogens with zero attached hydrogens (tertiary/aromatic N) is 2. The normalized spacial score (nSPS) is 11.3. The van der Waals surface area contributed by atoms with Gasteiger partial charge in [-0.3, -0.25) is 9.10 Å². The van der Waals surface area contributed by atoms with Crippen LogP contribution in [0.5, 0.6) is 5.75 Å². The van der Waals surface area contributed by atoms with E-state index in [0.29, 0.717) is 12.4 Å². The summed E-state index contributed by atoms with van der Waals surface area (Å²) in [6.07, 6.45) is 1.52. The fraction of sp³-hybridized carbons (Fsp3) is 0.0857. The Bertz CT molecular complexity index is 1790. The van der Waals surface area contributed by atoms with Crippen LogP contribution in [0.25, 0.3) is 0 Å². The molecule has 0 saturated heterocycles. The topological polar surface area (TPSA) is 88.1 Å². The van der Waals surface area contributed by atoms with E-state index >= 15 is 0 Å². The molecule has 0 spiro atoms. The molecular formula is C35H31N3O4S. The number of hydrogen-bond acceptors (Lipinski definition) is 5. The summed E-state index contributed by atoms with van der Waals surface area (Å²) >= 11 is 0. The third-order valence-corrected chi connectivity index (χ3v) is 8.48. The quantitative estimate of drug-likeness (QED) is 0.137. The predicted molar refractivity (Wildman–Crippen MR) is 170 cm³/mol. The second-order valence-electron chi connectivity index (χ2n) is 9.87. The number of hydrazone groups is 1. The molecule has 8 heteroatoms. The maximum absolute atomic E-state index is 13.8. The van der Waals surface area contributed by atoms with Gasteiger partial charge in [0.15, 0.2) is 0 Å². The summed E-state index contributed by atoms with van der Waals surface area (Å²) in [5, 5.41) is 4.12. The van der Waals surface area contributed by atoms with Crippen molar-refractivity contribution in [2.75, 3.05) is 4.31 Å². The summed E-state index contributed by atoms with van der Waals surface area (Å²) in [7, 11) is -4.00. The first-order chi connectivity index (χ1) is 20.9. The number of ether oxygens (including phenoxy) is 1. The van der Waals surface area contributed by atoms with Crippen molar-refractivity contribution >= 4 is 27.8 Å². The van der Waals surface area contributed by atoms with Gasteiger partial charge in [-0.1, -0.05) is 90.5 Å². The van der Waals surface area contributed by atoms with Gasteiger partial charge in [-0.15, -0.1) is 0 Å². The highest BCUT2D eigenvalue weighted by molar-refractivity contribution is 7.92. The Kier molecular flexibility index (Phi) is 9.29. The molecule has 0 fully saturated rings. The van der Waals surface area contributed by atoms with Gasteiger partial charge < -0.3 is 4.74 Å². The first-order valence-corrected chi connectivity index (χ1v) is 15.2. The molecule has 0 aromatic heterocycles. The van der Waals surface area contributed by atoms with Gasteiger partial charge in [0.25, 0.3) is 15.9 Å². The van der Waals surface area contributed by atoms with Gasteiger partial charge in [0, 0.05) is 0 Å². The molecule has 0 unspecified atom stereocenters. The highest BCUT2D eigenvalue weighted by Gasteiger charge is 2.28. The van der Waals surface area contributed by atoms with Gasteiger partial charge in [-0.25, -0.2) is 13.8 Å². The second kappa shape index (κ2) is 13.6. The number of para-hydroxylation sites is 1. The molecule has 5 aromatic rings. The van der Waals surface area contributed by atoms with E-state index in [4.69, 9.17) is 4.74 Å². The van der Waals surface area contributed by atoms with E-state index in [2.05, 4.69) is 10.5 Å². The fourth-order valence-electron chi connectivity index (χ4n) is 4.38. The molecule has 5 aromatic carbocycles. The maximum Gasteiger partial charge on any atom is 0.273 e. The Morgan fingerprint density at radius 3 is 2.09 bits per heavy atom. The van der Waals surface area contributed by atoms with E-state index in [-0.39, 0.29) is 22.7 Å². The third kappa shape index (κ3) is 7.55. The number of aryl methyl sites for hydroxylation is 1. The van der Waals surface area contributed by atoms with E-state index in [0.717, 1.165) is 16.7 Å². The van der Waals surface area contributed by atoms with Crippen LogP contribution in [0.3, 0.4) is 0 Å². The van der Waals surface area contributed by atoms with Crippen LogP contribution in [0, 0.1) is 6.92 Å². The molecule has 0 bridgehead atoms. The minimum Gasteiger partial charge on any atom is -0.489 e. The van der Waals surface area contributed by atoms with Crippen LogP contribution in [0.15, 0.2) is 143 Å². The van der Waals surface area contributed by atoms with Crippen LogP contribution in [0.1, 0.15) is 32.6 Å². The van der Waals surface area contributed by atoms with E-state index in [9.17, 15) is 13.2 Å². The van der Waals surface area contributed by atoms with Crippen molar-refractivity contribution < 1.29 is 17.9 Å². The molecule has 216 valence electrons. The Labute approximate surface area is 252 Å². The largest absolute Gasteiger partial charge is 0.489 e. The Hall–Kier alpha value is -5.21. The number of nitrogens with one attached hydrogen (secondary N) is 1. The van der Waals surface area contributed by atoms with Gasteiger partial charge in [-0.05, 0) is 72.1 Å². The van der Waals surface area contributed by atoms with Crippen molar-refractivity contribution in [3.8, 4) is 5.75 Å². The maximum atomic E-state index is 13.8. The summed E-state index contributed by atoms with van der Waals surface area (Å²) in [6, 6.07) is 39.5. The molecule has 1 N–H and O–H groups in total. The molecule has 0 aliphatic heterocycles. The van der Waals surface area contributed by atoms with Crippen molar-refractivity contribution in [2.45, 2.75) is 25.0 Å². The van der Waals surface area contributed by atoms with Crippen molar-refractivity contribution in [1.29, 1.82) is 0 Å². The smallest absolute Gasteiger partial charge is 0.273 e. The summed E-state index contributed by atoms with van der Waals surface area (Å²) in [5.74, 6) is 0.181. The molecule has 0 radical (unpaired) electrons. The number of sulfonamides is 1. The molecule has 5 rings (SSSR count). The molecule has 0 heterocycles. The molecule has 1 amide bonds. The average molecular weight is 590 g/mol. The lowest BCUT2D eigenvalue weighted by molar-refractivity contribution is 0.0955. The van der Waals surface area contributed by atoms with E-state index in [1.54, 1.807) is 54.6 Å². The number of hydrogen-bond donors (Lipinski definition) is 1. The zero-order chi connectivity index (χ0) is 30.1. The monoisotopic (exact) mass is 589 g/mol. The Morgan fingerprint density at radius 1 is 0.767 bits per heavy atom. The summed E-state index contributed by atoms with van der Waals surface area (Å²) < 4.78 is 34.8. The lowest BCUT2D eigenvalue weighted by Gasteiger charge is -2.26. The lowest BCUT2D eigenvalue weighted by Crippen LogP contribution is -2.33. The zero-order valence-corrected chi connectivity index (χ0v) is 24.4. The number of carbonyl (C=O) groups is 1. The summed E-state index contributed by atoms with van der Waals surface area (Å²) in [6.45, 7) is 2.55. The van der Waals surface area contributed by atoms with Crippen LogP contribution in [-0.2, 0) is 23.2 Å². The van der Waals surface area contributed by atoms with Gasteiger partial charge >= 0.3 is 0 Å². The van der Waals surface area contributed by atoms with E-state index < -0.39 is 15.9 Å². The van der Waals surface area contributed by atoms with Gasteiger partial charge in [-0.2, -0.15) is 5.10 Å². The van der Waals surface area contributed by atoms with Gasteiger partial charge in [0.1, 0.15) is 12.4 Å². The van der Waals surface area contributed by atoms with Crippen molar-refractivity contribution in [1.82, 2.24) is 5.43 Å². The van der Waals surface area contributed by atoms with Crippen LogP contribution in [0.4, 0.5) is 5.69 Å². The number of benzene rings is 5. The molecule has 0 aliphatic rings. The van der Waals surface area contributed by atoms with Gasteiger partial charge in [0.05, 0.1) is 28.9 Å². The van der Waals surface area contributed by atoms with Gasteiger partial charge in [0.2, 0.25) is 0 Å². The van der Waals surface area contributed by atoms with Crippen LogP contribution >= 0.6 is 0 Å². The second-order valence-corrected chi connectivity index (χ2v) is 11.7. The SMILES string of the molecule is Cc1ccc(COc2ccc(/C=N\NC(=O)c3ccccc3N(Cc3ccccc3)S(=O)(=O)c3ccccc3)cc2)cc1. The highest BCUT2D eigenvalue weighted by Crippen LogP contribution is 2.29. The summed E-state index contributed by atoms with van der Waals surface area (Å²) in [4.78, 5) is 13.4. The number of rotatable bonds is 11. The van der Waals surface area contributed by atoms with E-state index in [1.807, 2.05) is 85.8 Å². The molecule has 0 atom stereocenters. The molecule has 7 nitrogen and oxygen atoms in total. The molecular weight excluding hydrogens is 558 g/mol. The lowest BCUT2D eigenvalue weighted by atomic mass is 10.1. The van der Waals surface area contributed by atoms with Crippen LogP contribution in [-0.4, -0.2) is 20.5 Å². The minimum absolute atomic E-state index is 0.0456. The molecule has 0 saturated carbocycles. The molecule has 43 heavy (non-hydrogen) atoms. The predicted octanol–water partition coefficient (Wildman–Crippen LogP) is 6.73. The average Bonchev–Trinajstić information content (AvgIpc) is 3.05. The number of carbonyl (C=O) groups excluding carboxylic acids is 1. The first kappa shape index (κ1) is 29.3. The van der Waals surface area contributed by atoms with Crippen LogP contribution in [0.2, 0.25) is 0 Å². The summed E-state index contributed by atoms with van der Waals surface area (Å²) in [5.41, 5.74) is 6.78.